The smallest absolute Gasteiger partial charge is 0.356 e. The van der Waals surface area contributed by atoms with Gasteiger partial charge in [-0.25, -0.2) is 4.79 Å². The highest BCUT2D eigenvalue weighted by Gasteiger charge is 2.11. The number of carbonyl (C=O) groups is 2. The van der Waals surface area contributed by atoms with Crippen LogP contribution in [-0.2, 0) is 14.3 Å². The fourth-order valence-electron chi connectivity index (χ4n) is 0.625. The third kappa shape index (κ3) is 4.78. The zero-order valence-electron chi connectivity index (χ0n) is 7.83. The summed E-state index contributed by atoms with van der Waals surface area (Å²) in [6.45, 7) is -0.154. The van der Waals surface area contributed by atoms with Crippen LogP contribution in [0.15, 0.2) is 11.8 Å². The van der Waals surface area contributed by atoms with Crippen LogP contribution in [0.25, 0.3) is 0 Å². The molecule has 0 aliphatic carbocycles. The lowest BCUT2D eigenvalue weighted by molar-refractivity contribution is -0.132. The van der Waals surface area contributed by atoms with Crippen LogP contribution < -0.4 is 5.32 Å². The van der Waals surface area contributed by atoms with Gasteiger partial charge in [-0.05, 0) is 17.7 Å². The Morgan fingerprint density at radius 2 is 2.27 bits per heavy atom. The van der Waals surface area contributed by atoms with Crippen LogP contribution in [0.5, 0.6) is 0 Å². The van der Waals surface area contributed by atoms with E-state index in [1.807, 2.05) is 0 Å². The summed E-state index contributed by atoms with van der Waals surface area (Å²) in [5, 5.41) is 16.9. The van der Waals surface area contributed by atoms with Crippen molar-refractivity contribution in [2.75, 3.05) is 13.7 Å². The second-order valence-corrected chi connectivity index (χ2v) is 2.59. The summed E-state index contributed by atoms with van der Waals surface area (Å²) < 4.78 is 4.24. The molecule has 0 aromatic heterocycles. The largest absolute Gasteiger partial charge is 0.464 e. The van der Waals surface area contributed by atoms with Gasteiger partial charge in [0.2, 0.25) is 0 Å². The molecule has 0 saturated heterocycles. The van der Waals surface area contributed by atoms with Crippen molar-refractivity contribution in [3.8, 4) is 6.07 Å². The molecule has 0 amide bonds. The van der Waals surface area contributed by atoms with Crippen molar-refractivity contribution >= 4 is 28.5 Å². The molecular weight excluding hydrogens is 222 g/mol. The van der Waals surface area contributed by atoms with Crippen LogP contribution in [0.1, 0.15) is 0 Å². The molecule has 0 aromatic rings. The summed E-state index contributed by atoms with van der Waals surface area (Å²) in [5.74, 6) is -0.899. The van der Waals surface area contributed by atoms with Gasteiger partial charge in [-0.1, -0.05) is 0 Å². The first-order valence-electron chi connectivity index (χ1n) is 3.72. The third-order valence-electron chi connectivity index (χ3n) is 1.26. The van der Waals surface area contributed by atoms with E-state index < -0.39 is 16.9 Å². The topological polar surface area (TPSA) is 103 Å². The first-order chi connectivity index (χ1) is 7.02. The van der Waals surface area contributed by atoms with Crippen LogP contribution >= 0.6 is 11.6 Å². The zero-order valence-corrected chi connectivity index (χ0v) is 8.59. The molecule has 7 heteroatoms. The Balaban J connectivity index is 4.69. The second kappa shape index (κ2) is 6.56. The Bertz CT molecular complexity index is 357. The van der Waals surface area contributed by atoms with Crippen molar-refractivity contribution in [3.63, 3.8) is 0 Å². The van der Waals surface area contributed by atoms with Crippen molar-refractivity contribution in [2.24, 2.45) is 0 Å². The molecule has 2 N–H and O–H groups in total. The highest BCUT2D eigenvalue weighted by Crippen LogP contribution is 1.97. The van der Waals surface area contributed by atoms with Crippen molar-refractivity contribution in [1.29, 1.82) is 10.7 Å². The molecule has 80 valence electrons. The van der Waals surface area contributed by atoms with Gasteiger partial charge in [-0.3, -0.25) is 10.2 Å². The minimum atomic E-state index is -0.899. The highest BCUT2D eigenvalue weighted by molar-refractivity contribution is 6.68. The van der Waals surface area contributed by atoms with Gasteiger partial charge in [0, 0.05) is 0 Å². The quantitative estimate of drug-likeness (QED) is 0.226. The molecule has 6 nitrogen and oxygen atoms in total. The molecular formula is C8H8ClN3O3. The van der Waals surface area contributed by atoms with E-state index in [1.54, 1.807) is 6.07 Å². The fraction of sp³-hybridized carbons (Fsp3) is 0.250. The summed E-state index contributed by atoms with van der Waals surface area (Å²) in [4.78, 5) is 21.6. The number of nitrogens with one attached hydrogen (secondary N) is 2. The van der Waals surface area contributed by atoms with Gasteiger partial charge in [-0.15, -0.1) is 0 Å². The maximum absolute atomic E-state index is 10.8. The number of esters is 1. The first kappa shape index (κ1) is 13.1. The van der Waals surface area contributed by atoms with Crippen molar-refractivity contribution < 1.29 is 14.3 Å². The van der Waals surface area contributed by atoms with Crippen LogP contribution in [0.2, 0.25) is 0 Å². The summed E-state index contributed by atoms with van der Waals surface area (Å²) in [5.41, 5.74) is -0.736. The van der Waals surface area contributed by atoms with Gasteiger partial charge in [0.25, 0.3) is 5.24 Å². The average Bonchev–Trinajstić information content (AvgIpc) is 2.22. The average molecular weight is 230 g/mol. The third-order valence-corrected chi connectivity index (χ3v) is 1.47. The molecule has 0 heterocycles. The predicted molar refractivity (Wildman–Crippen MR) is 52.3 cm³/mol. The van der Waals surface area contributed by atoms with Crippen LogP contribution in [0, 0.1) is 16.7 Å². The maximum Gasteiger partial charge on any atom is 0.356 e. The number of rotatable bonds is 5. The SMILES string of the molecule is COC(=O)C(=N)/C=C(\NCC#N)C(=O)Cl. The molecule has 0 aromatic carbocycles. The number of carbonyl (C=O) groups excluding carboxylic acids is 2. The van der Waals surface area contributed by atoms with Gasteiger partial charge in [-0.2, -0.15) is 5.26 Å². The van der Waals surface area contributed by atoms with E-state index in [0.29, 0.717) is 0 Å². The maximum atomic E-state index is 10.8. The molecule has 0 atom stereocenters. The van der Waals surface area contributed by atoms with Gasteiger partial charge >= 0.3 is 5.97 Å². The molecule has 0 aliphatic rings. The lowest BCUT2D eigenvalue weighted by Gasteiger charge is -2.02. The molecule has 0 saturated carbocycles. The van der Waals surface area contributed by atoms with E-state index in [4.69, 9.17) is 22.3 Å². The minimum Gasteiger partial charge on any atom is -0.464 e. The van der Waals surface area contributed by atoms with E-state index in [9.17, 15) is 9.59 Å². The Kier molecular flexibility index (Phi) is 5.75. The predicted octanol–water partition coefficient (Wildman–Crippen LogP) is -0.0584. The molecule has 0 radical (unpaired) electrons. The Morgan fingerprint density at radius 1 is 1.67 bits per heavy atom. The van der Waals surface area contributed by atoms with Gasteiger partial charge in [0.15, 0.2) is 0 Å². The molecule has 0 fully saturated rings. The first-order valence-corrected chi connectivity index (χ1v) is 4.10. The minimum absolute atomic E-state index is 0.154. The number of methoxy groups -OCH3 is 1. The number of nitriles is 1. The fourth-order valence-corrected chi connectivity index (χ4v) is 0.747. The van der Waals surface area contributed by atoms with Crippen LogP contribution in [0.4, 0.5) is 0 Å². The van der Waals surface area contributed by atoms with Crippen molar-refractivity contribution in [3.05, 3.63) is 11.8 Å². The molecule has 15 heavy (non-hydrogen) atoms. The summed E-state index contributed by atoms with van der Waals surface area (Å²) in [6.07, 6.45) is 0.901. The van der Waals surface area contributed by atoms with E-state index >= 15 is 0 Å². The number of nitrogens with zero attached hydrogens (tertiary/aromatic N) is 1. The summed E-state index contributed by atoms with van der Waals surface area (Å²) in [7, 11) is 1.11. The standard InChI is InChI=1S/C8H8ClN3O3/c1-15-8(14)5(11)4-6(7(9)13)12-3-2-10/h4,11-12H,3H2,1H3/b6-4-,11-5?. The van der Waals surface area contributed by atoms with Gasteiger partial charge < -0.3 is 10.1 Å². The monoisotopic (exact) mass is 229 g/mol. The van der Waals surface area contributed by atoms with Crippen molar-refractivity contribution in [1.82, 2.24) is 5.32 Å². The van der Waals surface area contributed by atoms with E-state index in [-0.39, 0.29) is 12.2 Å². The van der Waals surface area contributed by atoms with Crippen LogP contribution in [0.3, 0.4) is 0 Å². The molecule has 0 rings (SSSR count). The lowest BCUT2D eigenvalue weighted by atomic mass is 10.3. The molecule has 0 unspecified atom stereocenters. The second-order valence-electron chi connectivity index (χ2n) is 2.25. The number of hydrogen-bond acceptors (Lipinski definition) is 6. The summed E-state index contributed by atoms with van der Waals surface area (Å²) >= 11 is 5.14. The Hall–Kier alpha value is -1.87. The number of allylic oxidation sites excluding steroid dienone is 1. The molecule has 0 spiro atoms. The summed E-state index contributed by atoms with van der Waals surface area (Å²) in [6, 6.07) is 1.72. The molecule has 0 bridgehead atoms. The number of halogens is 1. The van der Waals surface area contributed by atoms with Gasteiger partial charge in [0.1, 0.15) is 12.3 Å². The Morgan fingerprint density at radius 3 is 2.67 bits per heavy atom. The van der Waals surface area contributed by atoms with Gasteiger partial charge in [0.05, 0.1) is 18.9 Å². The zero-order chi connectivity index (χ0) is 11.8. The molecule has 0 aliphatic heterocycles. The van der Waals surface area contributed by atoms with E-state index in [1.165, 1.54) is 0 Å². The van der Waals surface area contributed by atoms with Crippen molar-refractivity contribution in [2.45, 2.75) is 0 Å². The van der Waals surface area contributed by atoms with E-state index in [2.05, 4.69) is 10.1 Å². The van der Waals surface area contributed by atoms with E-state index in [0.717, 1.165) is 13.2 Å². The highest BCUT2D eigenvalue weighted by atomic mass is 35.5. The number of hydrogen-bond donors (Lipinski definition) is 2. The van der Waals surface area contributed by atoms with Crippen LogP contribution in [-0.4, -0.2) is 30.6 Å². The normalized spacial score (nSPS) is 10.1. The lowest BCUT2D eigenvalue weighted by Crippen LogP contribution is -2.21. The Labute approximate surface area is 91.0 Å². The number of ether oxygens (including phenoxy) is 1.